The van der Waals surface area contributed by atoms with Crippen molar-refractivity contribution in [1.29, 1.82) is 0 Å². The summed E-state index contributed by atoms with van der Waals surface area (Å²) in [7, 11) is 0. The van der Waals surface area contributed by atoms with Crippen molar-refractivity contribution in [2.45, 2.75) is 13.8 Å². The molecule has 0 aliphatic heterocycles. The normalized spacial score (nSPS) is 10.8. The van der Waals surface area contributed by atoms with Crippen molar-refractivity contribution in [2.24, 2.45) is 0 Å². The van der Waals surface area contributed by atoms with Gasteiger partial charge in [0.05, 0.1) is 10.6 Å². The van der Waals surface area contributed by atoms with Crippen LogP contribution in [-0.4, -0.2) is 19.3 Å². The molecule has 7 heteroatoms. The van der Waals surface area contributed by atoms with Crippen LogP contribution in [0.4, 0.5) is 5.69 Å². The van der Waals surface area contributed by atoms with Crippen LogP contribution in [0.15, 0.2) is 11.0 Å². The van der Waals surface area contributed by atoms with E-state index in [9.17, 15) is 14.9 Å². The first-order valence-electron chi connectivity index (χ1n) is 4.23. The molecular formula is C8H8N4O3. The molecule has 0 atom stereocenters. The minimum atomic E-state index is -0.549. The van der Waals surface area contributed by atoms with Gasteiger partial charge < -0.3 is 4.98 Å². The highest BCUT2D eigenvalue weighted by Crippen LogP contribution is 2.19. The van der Waals surface area contributed by atoms with Gasteiger partial charge in [0.1, 0.15) is 0 Å². The average Bonchev–Trinajstić information content (AvgIpc) is 2.47. The summed E-state index contributed by atoms with van der Waals surface area (Å²) in [6.45, 7) is 3.14. The maximum absolute atomic E-state index is 11.5. The van der Waals surface area contributed by atoms with Crippen molar-refractivity contribution >= 4 is 11.3 Å². The first-order valence-corrected chi connectivity index (χ1v) is 4.23. The van der Waals surface area contributed by atoms with Crippen molar-refractivity contribution in [3.05, 3.63) is 38.2 Å². The number of aromatic amines is 1. The smallest absolute Gasteiger partial charge is 0.305 e. The van der Waals surface area contributed by atoms with Crippen LogP contribution in [0.1, 0.15) is 11.4 Å². The largest absolute Gasteiger partial charge is 0.332 e. The molecule has 1 N–H and O–H groups in total. The van der Waals surface area contributed by atoms with E-state index in [2.05, 4.69) is 9.97 Å². The fourth-order valence-corrected chi connectivity index (χ4v) is 1.52. The first-order chi connectivity index (χ1) is 7.02. The van der Waals surface area contributed by atoms with E-state index in [1.807, 2.05) is 0 Å². The van der Waals surface area contributed by atoms with E-state index < -0.39 is 10.6 Å². The van der Waals surface area contributed by atoms with Gasteiger partial charge in [-0.15, -0.1) is 0 Å². The molecule has 2 heterocycles. The number of fused-ring (bicyclic) bond motifs is 1. The second kappa shape index (κ2) is 2.91. The molecule has 0 aromatic carbocycles. The van der Waals surface area contributed by atoms with E-state index in [4.69, 9.17) is 0 Å². The summed E-state index contributed by atoms with van der Waals surface area (Å²) in [6.07, 6.45) is 1.43. The summed E-state index contributed by atoms with van der Waals surface area (Å²) in [5, 5.41) is 10.8. The van der Waals surface area contributed by atoms with Gasteiger partial charge in [0, 0.05) is 11.9 Å². The maximum Gasteiger partial charge on any atom is 0.332 e. The second-order valence-corrected chi connectivity index (χ2v) is 3.22. The lowest BCUT2D eigenvalue weighted by Crippen LogP contribution is -2.19. The predicted molar refractivity (Wildman–Crippen MR) is 51.9 cm³/mol. The van der Waals surface area contributed by atoms with Gasteiger partial charge in [0.15, 0.2) is 0 Å². The summed E-state index contributed by atoms with van der Waals surface area (Å²) < 4.78 is 1.19. The molecule has 2 rings (SSSR count). The summed E-state index contributed by atoms with van der Waals surface area (Å²) in [5.41, 5.74) is 0.280. The first kappa shape index (κ1) is 9.38. The van der Waals surface area contributed by atoms with Gasteiger partial charge in [0.2, 0.25) is 5.65 Å². The number of rotatable bonds is 1. The number of aromatic nitrogens is 3. The number of H-pyrrole nitrogens is 1. The molecule has 0 amide bonds. The Morgan fingerprint density at radius 3 is 2.80 bits per heavy atom. The van der Waals surface area contributed by atoms with E-state index in [1.165, 1.54) is 17.5 Å². The molecule has 0 aliphatic rings. The standard InChI is InChI=1S/C8H8N4O3/c1-4-3-9-7-6(12(14)15)5(2)10-8(13)11(4)7/h3H,1-2H3,(H,10,13). The van der Waals surface area contributed by atoms with Crippen LogP contribution in [0.2, 0.25) is 0 Å². The monoisotopic (exact) mass is 208 g/mol. The zero-order valence-electron chi connectivity index (χ0n) is 8.14. The van der Waals surface area contributed by atoms with Gasteiger partial charge in [-0.1, -0.05) is 0 Å². The van der Waals surface area contributed by atoms with Crippen LogP contribution in [0.5, 0.6) is 0 Å². The Hall–Kier alpha value is -2.18. The Balaban J connectivity index is 3.04. The molecule has 15 heavy (non-hydrogen) atoms. The topological polar surface area (TPSA) is 93.3 Å². The molecule has 0 aliphatic carbocycles. The Morgan fingerprint density at radius 2 is 2.20 bits per heavy atom. The van der Waals surface area contributed by atoms with E-state index in [0.717, 1.165) is 0 Å². The third-order valence-electron chi connectivity index (χ3n) is 2.19. The summed E-state index contributed by atoms with van der Waals surface area (Å²) in [4.78, 5) is 28.0. The molecule has 2 aromatic rings. The van der Waals surface area contributed by atoms with Crippen LogP contribution in [0.3, 0.4) is 0 Å². The molecule has 0 spiro atoms. The molecule has 0 saturated carbocycles. The Kier molecular flexibility index (Phi) is 1.82. The van der Waals surface area contributed by atoms with E-state index in [0.29, 0.717) is 5.69 Å². The zero-order valence-corrected chi connectivity index (χ0v) is 8.14. The molecule has 0 radical (unpaired) electrons. The van der Waals surface area contributed by atoms with Crippen LogP contribution in [0, 0.1) is 24.0 Å². The van der Waals surface area contributed by atoms with Crippen LogP contribution in [0.25, 0.3) is 5.65 Å². The summed E-state index contributed by atoms with van der Waals surface area (Å²) >= 11 is 0. The van der Waals surface area contributed by atoms with Crippen molar-refractivity contribution in [3.8, 4) is 0 Å². The van der Waals surface area contributed by atoms with Gasteiger partial charge in [-0.2, -0.15) is 0 Å². The molecular weight excluding hydrogens is 200 g/mol. The minimum Gasteiger partial charge on any atom is -0.305 e. The third-order valence-corrected chi connectivity index (χ3v) is 2.19. The van der Waals surface area contributed by atoms with Crippen molar-refractivity contribution in [2.75, 3.05) is 0 Å². The zero-order chi connectivity index (χ0) is 11.2. The third kappa shape index (κ3) is 1.20. The molecule has 0 unspecified atom stereocenters. The van der Waals surface area contributed by atoms with Gasteiger partial charge >= 0.3 is 11.4 Å². The lowest BCUT2D eigenvalue weighted by Gasteiger charge is -1.99. The van der Waals surface area contributed by atoms with Gasteiger partial charge in [0.25, 0.3) is 0 Å². The Labute approximate surface area is 83.5 Å². The number of aryl methyl sites for hydroxylation is 2. The highest BCUT2D eigenvalue weighted by Gasteiger charge is 2.20. The average molecular weight is 208 g/mol. The SMILES string of the molecule is Cc1[nH]c(=O)n2c(C)cnc2c1[N+](=O)[O-]. The predicted octanol–water partition coefficient (Wildman–Crippen LogP) is 0.548. The fraction of sp³-hybridized carbons (Fsp3) is 0.250. The van der Waals surface area contributed by atoms with Crippen molar-refractivity contribution in [1.82, 2.24) is 14.4 Å². The number of nitrogens with one attached hydrogen (secondary N) is 1. The number of nitrogens with zero attached hydrogens (tertiary/aromatic N) is 3. The molecule has 0 fully saturated rings. The molecule has 2 aromatic heterocycles. The maximum atomic E-state index is 11.5. The highest BCUT2D eigenvalue weighted by molar-refractivity contribution is 5.61. The van der Waals surface area contributed by atoms with Crippen LogP contribution >= 0.6 is 0 Å². The van der Waals surface area contributed by atoms with Crippen LogP contribution < -0.4 is 5.69 Å². The summed E-state index contributed by atoms with van der Waals surface area (Å²) in [5.74, 6) is 0. The quantitative estimate of drug-likeness (QED) is 0.546. The Morgan fingerprint density at radius 1 is 1.53 bits per heavy atom. The summed E-state index contributed by atoms with van der Waals surface area (Å²) in [6, 6.07) is 0. The number of imidazole rings is 1. The fourth-order valence-electron chi connectivity index (χ4n) is 1.52. The molecule has 78 valence electrons. The lowest BCUT2D eigenvalue weighted by molar-refractivity contribution is -0.384. The van der Waals surface area contributed by atoms with Gasteiger partial charge in [-0.25, -0.2) is 14.2 Å². The van der Waals surface area contributed by atoms with Gasteiger partial charge in [-0.3, -0.25) is 10.1 Å². The minimum absolute atomic E-state index is 0.0822. The van der Waals surface area contributed by atoms with Gasteiger partial charge in [-0.05, 0) is 13.8 Å². The lowest BCUT2D eigenvalue weighted by atomic mass is 10.3. The number of hydrogen-bond donors (Lipinski definition) is 1. The van der Waals surface area contributed by atoms with Crippen LogP contribution in [-0.2, 0) is 0 Å². The highest BCUT2D eigenvalue weighted by atomic mass is 16.6. The molecule has 0 bridgehead atoms. The molecule has 0 saturated heterocycles. The van der Waals surface area contributed by atoms with Crippen molar-refractivity contribution < 1.29 is 4.92 Å². The molecule has 7 nitrogen and oxygen atoms in total. The van der Waals surface area contributed by atoms with Crippen molar-refractivity contribution in [3.63, 3.8) is 0 Å². The second-order valence-electron chi connectivity index (χ2n) is 3.22. The number of hydrogen-bond acceptors (Lipinski definition) is 4. The van der Waals surface area contributed by atoms with E-state index >= 15 is 0 Å². The number of nitro groups is 1. The van der Waals surface area contributed by atoms with E-state index in [1.54, 1.807) is 6.92 Å². The Bertz CT molecular complexity index is 610. The van der Waals surface area contributed by atoms with E-state index in [-0.39, 0.29) is 17.0 Å².